The van der Waals surface area contributed by atoms with Crippen LogP contribution in [-0.2, 0) is 14.3 Å². The number of amides is 2. The van der Waals surface area contributed by atoms with Crippen LogP contribution in [0.1, 0.15) is 32.6 Å². The Morgan fingerprint density at radius 2 is 2.00 bits per heavy atom. The summed E-state index contributed by atoms with van der Waals surface area (Å²) in [5.41, 5.74) is -0.441. The topological polar surface area (TPSA) is 76.7 Å². The molecule has 6 nitrogen and oxygen atoms in total. The average molecular weight is 397 g/mol. The minimum atomic E-state index is -0.589. The number of hydrogen-bond donors (Lipinski definition) is 2. The second-order valence-corrected chi connectivity index (χ2v) is 8.37. The van der Waals surface area contributed by atoms with Gasteiger partial charge in [0.15, 0.2) is 6.61 Å². The lowest BCUT2D eigenvalue weighted by Crippen LogP contribution is -2.84. The van der Waals surface area contributed by atoms with E-state index in [2.05, 4.69) is 10.6 Å². The molecule has 4 aliphatic rings. The normalized spacial score (nSPS) is 33.6. The molecule has 1 heterocycles. The van der Waals surface area contributed by atoms with Gasteiger partial charge in [-0.2, -0.15) is 0 Å². The van der Waals surface area contributed by atoms with E-state index >= 15 is 0 Å². The Balaban J connectivity index is 1.21. The molecule has 1 aliphatic heterocycles. The van der Waals surface area contributed by atoms with Crippen LogP contribution in [0.3, 0.4) is 0 Å². The zero-order valence-corrected chi connectivity index (χ0v) is 15.8. The Bertz CT molecular complexity index is 767. The fraction of sp³-hybridized carbons (Fsp3) is 0.579. The highest BCUT2D eigenvalue weighted by Crippen LogP contribution is 2.60. The van der Waals surface area contributed by atoms with E-state index in [1.165, 1.54) is 12.1 Å². The van der Waals surface area contributed by atoms with Crippen LogP contribution in [-0.4, -0.2) is 42.2 Å². The summed E-state index contributed by atoms with van der Waals surface area (Å²) < 4.78 is 24.1. The average Bonchev–Trinajstić information content (AvgIpc) is 2.99. The predicted molar refractivity (Wildman–Crippen MR) is 96.0 cm³/mol. The van der Waals surface area contributed by atoms with Crippen LogP contribution in [0, 0.1) is 11.7 Å². The molecule has 27 heavy (non-hydrogen) atoms. The van der Waals surface area contributed by atoms with Crippen molar-refractivity contribution in [2.45, 2.75) is 49.8 Å². The summed E-state index contributed by atoms with van der Waals surface area (Å²) in [6.45, 7) is 2.36. The number of hydrogen-bond acceptors (Lipinski definition) is 4. The maximum atomic E-state index is 13.4. The van der Waals surface area contributed by atoms with Gasteiger partial charge in [-0.05, 0) is 44.7 Å². The molecular weight excluding hydrogens is 375 g/mol. The van der Waals surface area contributed by atoms with Gasteiger partial charge in [0.2, 0.25) is 5.91 Å². The van der Waals surface area contributed by atoms with E-state index in [0.29, 0.717) is 6.61 Å². The first-order valence-corrected chi connectivity index (χ1v) is 9.50. The zero-order chi connectivity index (χ0) is 19.2. The lowest BCUT2D eigenvalue weighted by atomic mass is 9.44. The lowest BCUT2D eigenvalue weighted by molar-refractivity contribution is -0.153. The molecule has 0 spiro atoms. The van der Waals surface area contributed by atoms with E-state index < -0.39 is 5.82 Å². The Labute approximate surface area is 161 Å². The molecule has 0 aromatic heterocycles. The summed E-state index contributed by atoms with van der Waals surface area (Å²) in [4.78, 5) is 24.5. The Kier molecular flexibility index (Phi) is 4.55. The molecule has 3 aliphatic carbocycles. The highest BCUT2D eigenvalue weighted by atomic mass is 35.5. The standard InChI is InChI=1S/C19H22ClFN2O4/c1-11-13(4-5-26-11)17(25)23-19-8-18(9-19,10-19)22-16(24)7-27-12-2-3-14(20)15(21)6-12/h2-3,6,11,13H,4-5,7-10H2,1H3,(H,22,24)(H,23,25). The van der Waals surface area contributed by atoms with Crippen molar-refractivity contribution in [2.24, 2.45) is 5.92 Å². The van der Waals surface area contributed by atoms with Crippen LogP contribution >= 0.6 is 11.6 Å². The van der Waals surface area contributed by atoms with Crippen molar-refractivity contribution >= 4 is 23.4 Å². The first-order valence-electron chi connectivity index (χ1n) is 9.12. The third-order valence-corrected chi connectivity index (χ3v) is 6.10. The van der Waals surface area contributed by atoms with E-state index in [1.54, 1.807) is 0 Å². The second-order valence-electron chi connectivity index (χ2n) is 7.96. The maximum absolute atomic E-state index is 13.4. The quantitative estimate of drug-likeness (QED) is 0.772. The maximum Gasteiger partial charge on any atom is 0.258 e. The zero-order valence-electron chi connectivity index (χ0n) is 15.0. The van der Waals surface area contributed by atoms with Gasteiger partial charge in [-0.1, -0.05) is 11.6 Å². The number of carbonyl (C=O) groups excluding carboxylic acids is 2. The molecule has 5 rings (SSSR count). The Morgan fingerprint density at radius 1 is 1.30 bits per heavy atom. The molecule has 1 aromatic rings. The lowest BCUT2D eigenvalue weighted by Gasteiger charge is -2.70. The Hall–Kier alpha value is -1.86. The summed E-state index contributed by atoms with van der Waals surface area (Å²) in [6, 6.07) is 4.04. The summed E-state index contributed by atoms with van der Waals surface area (Å²) in [6.07, 6.45) is 2.91. The van der Waals surface area contributed by atoms with E-state index in [9.17, 15) is 14.0 Å². The van der Waals surface area contributed by atoms with Crippen molar-refractivity contribution in [2.75, 3.05) is 13.2 Å². The largest absolute Gasteiger partial charge is 0.484 e. The molecule has 1 saturated heterocycles. The van der Waals surface area contributed by atoms with Gasteiger partial charge < -0.3 is 20.1 Å². The van der Waals surface area contributed by atoms with Gasteiger partial charge >= 0.3 is 0 Å². The molecule has 4 fully saturated rings. The van der Waals surface area contributed by atoms with Crippen molar-refractivity contribution in [1.29, 1.82) is 0 Å². The smallest absolute Gasteiger partial charge is 0.258 e. The van der Waals surface area contributed by atoms with Crippen molar-refractivity contribution in [1.82, 2.24) is 10.6 Å². The van der Waals surface area contributed by atoms with Gasteiger partial charge in [0.1, 0.15) is 11.6 Å². The van der Waals surface area contributed by atoms with E-state index in [0.717, 1.165) is 31.7 Å². The molecule has 3 saturated carbocycles. The SMILES string of the molecule is CC1OCCC1C(=O)NC12CC(NC(=O)COc3ccc(Cl)c(F)c3)(C1)C2. The predicted octanol–water partition coefficient (Wildman–Crippen LogP) is 2.19. The van der Waals surface area contributed by atoms with Crippen molar-refractivity contribution in [3.05, 3.63) is 29.0 Å². The number of carbonyl (C=O) groups is 2. The van der Waals surface area contributed by atoms with Crippen LogP contribution in [0.2, 0.25) is 5.02 Å². The molecule has 1 aromatic carbocycles. The molecule has 0 radical (unpaired) electrons. The van der Waals surface area contributed by atoms with E-state index in [4.69, 9.17) is 21.1 Å². The van der Waals surface area contributed by atoms with Gasteiger partial charge in [0.05, 0.1) is 17.0 Å². The van der Waals surface area contributed by atoms with Gasteiger partial charge in [-0.15, -0.1) is 0 Å². The van der Waals surface area contributed by atoms with Gasteiger partial charge in [0.25, 0.3) is 5.91 Å². The number of halogens is 2. The van der Waals surface area contributed by atoms with Gasteiger partial charge in [0, 0.05) is 23.8 Å². The summed E-state index contributed by atoms with van der Waals surface area (Å²) in [7, 11) is 0. The van der Waals surface area contributed by atoms with Crippen LogP contribution < -0.4 is 15.4 Å². The fourth-order valence-electron chi connectivity index (χ4n) is 4.53. The first kappa shape index (κ1) is 18.5. The minimum Gasteiger partial charge on any atom is -0.484 e. The highest BCUT2D eigenvalue weighted by Gasteiger charge is 2.69. The number of benzene rings is 1. The Morgan fingerprint density at radius 3 is 2.63 bits per heavy atom. The number of ether oxygens (including phenoxy) is 2. The van der Waals surface area contributed by atoms with Crippen LogP contribution in [0.5, 0.6) is 5.75 Å². The third-order valence-electron chi connectivity index (χ3n) is 5.80. The minimum absolute atomic E-state index is 0.00609. The van der Waals surface area contributed by atoms with E-state index in [-0.39, 0.29) is 52.3 Å². The monoisotopic (exact) mass is 396 g/mol. The fourth-order valence-corrected chi connectivity index (χ4v) is 4.65. The number of rotatable bonds is 6. The molecular formula is C19H22ClFN2O4. The van der Waals surface area contributed by atoms with Crippen molar-refractivity contribution in [3.8, 4) is 5.75 Å². The molecule has 2 unspecified atom stereocenters. The van der Waals surface area contributed by atoms with Crippen molar-refractivity contribution in [3.63, 3.8) is 0 Å². The molecule has 2 N–H and O–H groups in total. The van der Waals surface area contributed by atoms with Gasteiger partial charge in [-0.3, -0.25) is 9.59 Å². The molecule has 2 amide bonds. The molecule has 2 atom stereocenters. The number of nitrogens with one attached hydrogen (secondary N) is 2. The molecule has 8 heteroatoms. The molecule has 2 bridgehead atoms. The van der Waals surface area contributed by atoms with Crippen molar-refractivity contribution < 1.29 is 23.5 Å². The van der Waals surface area contributed by atoms with Crippen LogP contribution in [0.15, 0.2) is 18.2 Å². The summed E-state index contributed by atoms with van der Waals surface area (Å²) >= 11 is 5.61. The third kappa shape index (κ3) is 3.50. The first-order chi connectivity index (χ1) is 12.8. The van der Waals surface area contributed by atoms with Gasteiger partial charge in [-0.25, -0.2) is 4.39 Å². The van der Waals surface area contributed by atoms with Crippen LogP contribution in [0.25, 0.3) is 0 Å². The summed E-state index contributed by atoms with van der Waals surface area (Å²) in [5, 5.41) is 6.12. The second kappa shape index (κ2) is 6.63. The van der Waals surface area contributed by atoms with Crippen LogP contribution in [0.4, 0.5) is 4.39 Å². The molecule has 146 valence electrons. The summed E-state index contributed by atoms with van der Waals surface area (Å²) in [5.74, 6) is -0.636. The highest BCUT2D eigenvalue weighted by molar-refractivity contribution is 6.30. The van der Waals surface area contributed by atoms with E-state index in [1.807, 2.05) is 6.92 Å².